The van der Waals surface area contributed by atoms with E-state index in [1.807, 2.05) is 14.0 Å². The van der Waals surface area contributed by atoms with E-state index in [4.69, 9.17) is 0 Å². The van der Waals surface area contributed by atoms with Gasteiger partial charge >= 0.3 is 0 Å². The van der Waals surface area contributed by atoms with Crippen LogP contribution >= 0.6 is 0 Å². The van der Waals surface area contributed by atoms with Crippen molar-refractivity contribution < 1.29 is 9.18 Å². The highest BCUT2D eigenvalue weighted by molar-refractivity contribution is 5.92. The van der Waals surface area contributed by atoms with E-state index in [0.717, 1.165) is 5.82 Å². The molecule has 1 aromatic heterocycles. The molecule has 0 aliphatic rings. The second kappa shape index (κ2) is 6.25. The molecule has 0 aliphatic carbocycles. The lowest BCUT2D eigenvalue weighted by Gasteiger charge is -2.12. The van der Waals surface area contributed by atoms with E-state index in [1.165, 1.54) is 12.1 Å². The van der Waals surface area contributed by atoms with Gasteiger partial charge in [-0.3, -0.25) is 10.1 Å². The van der Waals surface area contributed by atoms with Crippen molar-refractivity contribution in [2.24, 2.45) is 7.05 Å². The van der Waals surface area contributed by atoms with Gasteiger partial charge in [-0.1, -0.05) is 6.07 Å². The molecular formula is C13H16FN5O. The van der Waals surface area contributed by atoms with Crippen molar-refractivity contribution in [2.45, 2.75) is 13.0 Å². The van der Waals surface area contributed by atoms with Gasteiger partial charge in [0.25, 0.3) is 0 Å². The molecule has 1 amide bonds. The Morgan fingerprint density at radius 3 is 2.95 bits per heavy atom. The first kappa shape index (κ1) is 14.1. The maximum absolute atomic E-state index is 13.0. The maximum atomic E-state index is 13.0. The van der Waals surface area contributed by atoms with Crippen LogP contribution in [0.15, 0.2) is 30.6 Å². The molecule has 0 saturated carbocycles. The molecule has 0 aliphatic heterocycles. The van der Waals surface area contributed by atoms with Crippen LogP contribution in [0.5, 0.6) is 0 Å². The second-order valence-electron chi connectivity index (χ2n) is 4.46. The normalized spacial score (nSPS) is 12.2. The van der Waals surface area contributed by atoms with Crippen LogP contribution < -0.4 is 10.6 Å². The van der Waals surface area contributed by atoms with E-state index < -0.39 is 0 Å². The number of rotatable bonds is 5. The summed E-state index contributed by atoms with van der Waals surface area (Å²) in [5.74, 6) is 0.108. The molecular weight excluding hydrogens is 261 g/mol. The minimum Gasteiger partial charge on any atom is -0.325 e. The number of hydrogen-bond donors (Lipinski definition) is 2. The third-order valence-electron chi connectivity index (χ3n) is 2.81. The molecule has 1 heterocycles. The zero-order valence-corrected chi connectivity index (χ0v) is 11.3. The molecule has 0 fully saturated rings. The lowest BCUT2D eigenvalue weighted by atomic mass is 10.3. The van der Waals surface area contributed by atoms with E-state index in [-0.39, 0.29) is 24.3 Å². The quantitative estimate of drug-likeness (QED) is 0.862. The smallest absolute Gasteiger partial charge is 0.238 e. The molecule has 0 spiro atoms. The van der Waals surface area contributed by atoms with Gasteiger partial charge in [0, 0.05) is 12.7 Å². The van der Waals surface area contributed by atoms with Crippen LogP contribution in [-0.4, -0.2) is 27.2 Å². The molecule has 7 heteroatoms. The summed E-state index contributed by atoms with van der Waals surface area (Å²) in [5, 5.41) is 13.4. The predicted molar refractivity (Wildman–Crippen MR) is 72.5 cm³/mol. The second-order valence-corrected chi connectivity index (χ2v) is 4.46. The Bertz CT molecular complexity index is 598. The van der Waals surface area contributed by atoms with Gasteiger partial charge in [0.05, 0.1) is 12.6 Å². The van der Waals surface area contributed by atoms with Crippen LogP contribution in [0.2, 0.25) is 0 Å². The van der Waals surface area contributed by atoms with Gasteiger partial charge in [0.1, 0.15) is 18.0 Å². The van der Waals surface area contributed by atoms with Crippen molar-refractivity contribution in [3.8, 4) is 0 Å². The van der Waals surface area contributed by atoms with E-state index in [9.17, 15) is 9.18 Å². The van der Waals surface area contributed by atoms with Crippen LogP contribution in [0.3, 0.4) is 0 Å². The zero-order chi connectivity index (χ0) is 14.5. The minimum absolute atomic E-state index is 0.102. The zero-order valence-electron chi connectivity index (χ0n) is 11.3. The van der Waals surface area contributed by atoms with Crippen LogP contribution in [0.25, 0.3) is 0 Å². The first-order chi connectivity index (χ1) is 9.56. The molecule has 0 bridgehead atoms. The number of aromatic nitrogens is 3. The fourth-order valence-electron chi connectivity index (χ4n) is 1.79. The lowest BCUT2D eigenvalue weighted by molar-refractivity contribution is -0.115. The van der Waals surface area contributed by atoms with Gasteiger partial charge in [-0.15, -0.1) is 10.2 Å². The highest BCUT2D eigenvalue weighted by Crippen LogP contribution is 2.09. The Labute approximate surface area is 116 Å². The number of carbonyl (C=O) groups excluding carboxylic acids is 1. The number of aryl methyl sites for hydroxylation is 1. The molecule has 0 saturated heterocycles. The largest absolute Gasteiger partial charge is 0.325 e. The Hall–Kier alpha value is -2.28. The van der Waals surface area contributed by atoms with Crippen molar-refractivity contribution in [3.63, 3.8) is 0 Å². The summed E-state index contributed by atoms with van der Waals surface area (Å²) in [7, 11) is 1.83. The molecule has 1 aromatic carbocycles. The van der Waals surface area contributed by atoms with Crippen LogP contribution in [0.4, 0.5) is 10.1 Å². The molecule has 106 valence electrons. The van der Waals surface area contributed by atoms with Crippen molar-refractivity contribution >= 4 is 11.6 Å². The van der Waals surface area contributed by atoms with Crippen molar-refractivity contribution in [3.05, 3.63) is 42.2 Å². The fourth-order valence-corrected chi connectivity index (χ4v) is 1.79. The number of anilines is 1. The monoisotopic (exact) mass is 277 g/mol. The van der Waals surface area contributed by atoms with E-state index >= 15 is 0 Å². The number of benzene rings is 1. The third-order valence-corrected chi connectivity index (χ3v) is 2.81. The van der Waals surface area contributed by atoms with E-state index in [1.54, 1.807) is 23.0 Å². The number of nitrogens with zero attached hydrogens (tertiary/aromatic N) is 3. The van der Waals surface area contributed by atoms with Gasteiger partial charge in [-0.25, -0.2) is 4.39 Å². The van der Waals surface area contributed by atoms with E-state index in [0.29, 0.717) is 5.69 Å². The molecule has 2 rings (SSSR count). The first-order valence-corrected chi connectivity index (χ1v) is 6.19. The lowest BCUT2D eigenvalue weighted by Crippen LogP contribution is -2.31. The molecule has 20 heavy (non-hydrogen) atoms. The van der Waals surface area contributed by atoms with Crippen LogP contribution in [-0.2, 0) is 11.8 Å². The number of carbonyl (C=O) groups is 1. The van der Waals surface area contributed by atoms with Crippen molar-refractivity contribution in [2.75, 3.05) is 11.9 Å². The summed E-state index contributed by atoms with van der Waals surface area (Å²) in [4.78, 5) is 11.7. The van der Waals surface area contributed by atoms with Crippen molar-refractivity contribution in [1.82, 2.24) is 20.1 Å². The average molecular weight is 277 g/mol. The van der Waals surface area contributed by atoms with Gasteiger partial charge in [-0.05, 0) is 25.1 Å². The number of halogens is 1. The Morgan fingerprint density at radius 1 is 1.50 bits per heavy atom. The summed E-state index contributed by atoms with van der Waals surface area (Å²) in [5.41, 5.74) is 0.433. The Balaban J connectivity index is 1.85. The van der Waals surface area contributed by atoms with Gasteiger partial charge in [0.15, 0.2) is 0 Å². The summed E-state index contributed by atoms with van der Waals surface area (Å²) >= 11 is 0. The number of amides is 1. The SMILES string of the molecule is CC(NCC(=O)Nc1cccc(F)c1)c1nncn1C. The first-order valence-electron chi connectivity index (χ1n) is 6.19. The molecule has 6 nitrogen and oxygen atoms in total. The standard InChI is InChI=1S/C13H16FN5O/c1-9(13-18-16-8-19(13)2)15-7-12(20)17-11-5-3-4-10(14)6-11/h3-6,8-9,15H,7H2,1-2H3,(H,17,20). The van der Waals surface area contributed by atoms with Crippen LogP contribution in [0.1, 0.15) is 18.8 Å². The molecule has 2 aromatic rings. The molecule has 1 atom stereocenters. The number of hydrogen-bond acceptors (Lipinski definition) is 4. The Morgan fingerprint density at radius 2 is 2.30 bits per heavy atom. The summed E-state index contributed by atoms with van der Waals surface area (Å²) in [6.45, 7) is 1.99. The topological polar surface area (TPSA) is 71.8 Å². The van der Waals surface area contributed by atoms with Crippen LogP contribution in [0, 0.1) is 5.82 Å². The average Bonchev–Trinajstić information content (AvgIpc) is 2.82. The third kappa shape index (κ3) is 3.61. The van der Waals surface area contributed by atoms with Gasteiger partial charge in [0.2, 0.25) is 5.91 Å². The minimum atomic E-state index is -0.386. The Kier molecular flexibility index (Phi) is 4.41. The maximum Gasteiger partial charge on any atom is 0.238 e. The summed E-state index contributed by atoms with van der Waals surface area (Å²) in [6, 6.07) is 5.66. The highest BCUT2D eigenvalue weighted by atomic mass is 19.1. The molecule has 2 N–H and O–H groups in total. The highest BCUT2D eigenvalue weighted by Gasteiger charge is 2.12. The fraction of sp³-hybridized carbons (Fsp3) is 0.308. The van der Waals surface area contributed by atoms with E-state index in [2.05, 4.69) is 20.8 Å². The van der Waals surface area contributed by atoms with Crippen molar-refractivity contribution in [1.29, 1.82) is 0 Å². The number of nitrogens with one attached hydrogen (secondary N) is 2. The van der Waals surface area contributed by atoms with Gasteiger partial charge in [-0.2, -0.15) is 0 Å². The van der Waals surface area contributed by atoms with Gasteiger partial charge < -0.3 is 9.88 Å². The summed E-state index contributed by atoms with van der Waals surface area (Å²) < 4.78 is 14.8. The molecule has 0 radical (unpaired) electrons. The predicted octanol–water partition coefficient (Wildman–Crippen LogP) is 1.24. The molecule has 1 unspecified atom stereocenters. The summed E-state index contributed by atoms with van der Waals surface area (Å²) in [6.07, 6.45) is 1.60.